The second-order valence-electron chi connectivity index (χ2n) is 5.34. The summed E-state index contributed by atoms with van der Waals surface area (Å²) in [6.07, 6.45) is 3.19. The molecule has 0 aliphatic rings. The third kappa shape index (κ3) is 5.72. The lowest BCUT2D eigenvalue weighted by Gasteiger charge is -2.12. The number of guanidine groups is 1. The Bertz CT molecular complexity index is 685. The van der Waals surface area contributed by atoms with Gasteiger partial charge in [0.15, 0.2) is 5.96 Å². The number of aliphatic imine (C=N–C) groups is 1. The number of carbonyl (C=O) groups excluding carboxylic acids is 1. The van der Waals surface area contributed by atoms with Crippen LogP contribution in [0.3, 0.4) is 0 Å². The van der Waals surface area contributed by atoms with Gasteiger partial charge in [-0.2, -0.15) is 0 Å². The van der Waals surface area contributed by atoms with Gasteiger partial charge in [0.1, 0.15) is 0 Å². The fourth-order valence-electron chi connectivity index (χ4n) is 2.18. The van der Waals surface area contributed by atoms with Crippen LogP contribution in [0.2, 0.25) is 0 Å². The fourth-order valence-corrected chi connectivity index (χ4v) is 2.18. The molecule has 0 atom stereocenters. The van der Waals surface area contributed by atoms with Crippen LogP contribution in [0, 0.1) is 6.92 Å². The highest BCUT2D eigenvalue weighted by Crippen LogP contribution is 2.02. The first-order chi connectivity index (χ1) is 11.7. The number of rotatable bonds is 6. The molecule has 6 heteroatoms. The quantitative estimate of drug-likeness (QED) is 0.427. The average molecular weight is 325 g/mol. The summed E-state index contributed by atoms with van der Waals surface area (Å²) in [4.78, 5) is 20.0. The Morgan fingerprint density at radius 1 is 1.12 bits per heavy atom. The lowest BCUT2D eigenvalue weighted by Crippen LogP contribution is -2.41. The molecule has 0 bridgehead atoms. The van der Waals surface area contributed by atoms with E-state index in [1.807, 2.05) is 6.07 Å². The van der Waals surface area contributed by atoms with E-state index >= 15 is 0 Å². The van der Waals surface area contributed by atoms with Gasteiger partial charge in [0.25, 0.3) is 5.91 Å². The Kier molecular flexibility index (Phi) is 6.76. The van der Waals surface area contributed by atoms with Gasteiger partial charge < -0.3 is 16.0 Å². The van der Waals surface area contributed by atoms with E-state index in [-0.39, 0.29) is 5.91 Å². The lowest BCUT2D eigenvalue weighted by molar-refractivity contribution is 0.0954. The minimum atomic E-state index is -0.132. The molecular formula is C18H23N5O. The van der Waals surface area contributed by atoms with Gasteiger partial charge in [0.2, 0.25) is 0 Å². The molecule has 0 unspecified atom stereocenters. The number of hydrogen-bond acceptors (Lipinski definition) is 3. The second-order valence-corrected chi connectivity index (χ2v) is 5.34. The van der Waals surface area contributed by atoms with Crippen LogP contribution in [0.4, 0.5) is 0 Å². The van der Waals surface area contributed by atoms with Gasteiger partial charge in [-0.05, 0) is 24.6 Å². The number of benzene rings is 1. The molecule has 2 rings (SSSR count). The van der Waals surface area contributed by atoms with E-state index in [0.29, 0.717) is 31.2 Å². The molecule has 3 N–H and O–H groups in total. The zero-order valence-corrected chi connectivity index (χ0v) is 14.0. The Balaban J connectivity index is 1.69. The first-order valence-corrected chi connectivity index (χ1v) is 7.87. The number of nitrogens with zero attached hydrogens (tertiary/aromatic N) is 2. The van der Waals surface area contributed by atoms with E-state index in [1.54, 1.807) is 31.6 Å². The molecular weight excluding hydrogens is 302 g/mol. The molecule has 1 heterocycles. The van der Waals surface area contributed by atoms with Crippen molar-refractivity contribution < 1.29 is 4.79 Å². The van der Waals surface area contributed by atoms with E-state index in [9.17, 15) is 4.79 Å². The van der Waals surface area contributed by atoms with Crippen molar-refractivity contribution in [1.29, 1.82) is 0 Å². The van der Waals surface area contributed by atoms with E-state index in [4.69, 9.17) is 0 Å². The molecule has 0 saturated carbocycles. The van der Waals surface area contributed by atoms with Crippen molar-refractivity contribution in [3.8, 4) is 0 Å². The van der Waals surface area contributed by atoms with Crippen molar-refractivity contribution in [3.63, 3.8) is 0 Å². The molecule has 1 amide bonds. The van der Waals surface area contributed by atoms with E-state index in [0.717, 1.165) is 0 Å². The van der Waals surface area contributed by atoms with Crippen LogP contribution in [-0.2, 0) is 6.54 Å². The smallest absolute Gasteiger partial charge is 0.252 e. The molecule has 126 valence electrons. The number of carbonyl (C=O) groups is 1. The monoisotopic (exact) mass is 325 g/mol. The largest absolute Gasteiger partial charge is 0.355 e. The number of amides is 1. The number of nitrogens with one attached hydrogen (secondary N) is 3. The van der Waals surface area contributed by atoms with Crippen molar-refractivity contribution in [2.45, 2.75) is 13.5 Å². The number of pyridine rings is 1. The van der Waals surface area contributed by atoms with E-state index in [2.05, 4.69) is 51.0 Å². The number of hydrogen-bond donors (Lipinski definition) is 3. The van der Waals surface area contributed by atoms with Gasteiger partial charge in [-0.1, -0.05) is 29.8 Å². The van der Waals surface area contributed by atoms with E-state index in [1.165, 1.54) is 11.1 Å². The summed E-state index contributed by atoms with van der Waals surface area (Å²) in [7, 11) is 1.72. The van der Waals surface area contributed by atoms with Crippen LogP contribution in [0.1, 0.15) is 21.5 Å². The summed E-state index contributed by atoms with van der Waals surface area (Å²) < 4.78 is 0. The maximum atomic E-state index is 11.9. The molecule has 6 nitrogen and oxygen atoms in total. The van der Waals surface area contributed by atoms with Gasteiger partial charge in [0, 0.05) is 39.1 Å². The molecule has 0 aliphatic carbocycles. The van der Waals surface area contributed by atoms with Gasteiger partial charge in [-0.3, -0.25) is 14.8 Å². The van der Waals surface area contributed by atoms with Crippen molar-refractivity contribution >= 4 is 11.9 Å². The summed E-state index contributed by atoms with van der Waals surface area (Å²) in [5.74, 6) is 0.569. The Labute approximate surface area is 142 Å². The topological polar surface area (TPSA) is 78.4 Å². The van der Waals surface area contributed by atoms with Crippen LogP contribution in [-0.4, -0.2) is 37.0 Å². The first kappa shape index (κ1) is 17.5. The maximum absolute atomic E-state index is 11.9. The van der Waals surface area contributed by atoms with Crippen molar-refractivity contribution in [2.75, 3.05) is 20.1 Å². The SMILES string of the molecule is CN=C(NCCNC(=O)c1cccnc1)NCc1cccc(C)c1. The molecule has 24 heavy (non-hydrogen) atoms. The summed E-state index contributed by atoms with van der Waals surface area (Å²) in [6, 6.07) is 11.8. The molecule has 0 fully saturated rings. The highest BCUT2D eigenvalue weighted by atomic mass is 16.1. The third-order valence-electron chi connectivity index (χ3n) is 3.39. The number of aromatic nitrogens is 1. The minimum Gasteiger partial charge on any atom is -0.355 e. The molecule has 0 spiro atoms. The minimum absolute atomic E-state index is 0.132. The van der Waals surface area contributed by atoms with Crippen LogP contribution >= 0.6 is 0 Å². The summed E-state index contributed by atoms with van der Waals surface area (Å²) in [5, 5.41) is 9.25. The van der Waals surface area contributed by atoms with Gasteiger partial charge in [-0.25, -0.2) is 0 Å². The summed E-state index contributed by atoms with van der Waals surface area (Å²) >= 11 is 0. The van der Waals surface area contributed by atoms with Gasteiger partial charge in [-0.15, -0.1) is 0 Å². The van der Waals surface area contributed by atoms with Crippen LogP contribution in [0.25, 0.3) is 0 Å². The second kappa shape index (κ2) is 9.29. The Morgan fingerprint density at radius 3 is 2.67 bits per heavy atom. The normalized spacial score (nSPS) is 11.0. The van der Waals surface area contributed by atoms with Crippen LogP contribution < -0.4 is 16.0 Å². The highest BCUT2D eigenvalue weighted by Gasteiger charge is 2.04. The predicted octanol–water partition coefficient (Wildman–Crippen LogP) is 1.49. The average Bonchev–Trinajstić information content (AvgIpc) is 2.61. The number of aryl methyl sites for hydroxylation is 1. The van der Waals surface area contributed by atoms with Gasteiger partial charge >= 0.3 is 0 Å². The van der Waals surface area contributed by atoms with Crippen molar-refractivity contribution in [2.24, 2.45) is 4.99 Å². The molecule has 0 radical (unpaired) electrons. The van der Waals surface area contributed by atoms with Crippen molar-refractivity contribution in [1.82, 2.24) is 20.9 Å². The molecule has 0 aliphatic heterocycles. The predicted molar refractivity (Wildman–Crippen MR) is 96.0 cm³/mol. The molecule has 1 aromatic carbocycles. The van der Waals surface area contributed by atoms with Crippen LogP contribution in [0.15, 0.2) is 53.8 Å². The van der Waals surface area contributed by atoms with E-state index < -0.39 is 0 Å². The molecule has 2 aromatic rings. The fraction of sp³-hybridized carbons (Fsp3) is 0.278. The van der Waals surface area contributed by atoms with Crippen LogP contribution in [0.5, 0.6) is 0 Å². The first-order valence-electron chi connectivity index (χ1n) is 7.87. The lowest BCUT2D eigenvalue weighted by atomic mass is 10.1. The standard InChI is InChI=1S/C18H23N5O/c1-14-5-3-6-15(11-14)12-23-18(19-2)22-10-9-21-17(24)16-7-4-8-20-13-16/h3-8,11,13H,9-10,12H2,1-2H3,(H,21,24)(H2,19,22,23). The van der Waals surface area contributed by atoms with Gasteiger partial charge in [0.05, 0.1) is 5.56 Å². The third-order valence-corrected chi connectivity index (χ3v) is 3.39. The summed E-state index contributed by atoms with van der Waals surface area (Å²) in [5.41, 5.74) is 2.98. The maximum Gasteiger partial charge on any atom is 0.252 e. The Morgan fingerprint density at radius 2 is 1.96 bits per heavy atom. The molecule has 0 saturated heterocycles. The van der Waals surface area contributed by atoms with Crippen molar-refractivity contribution in [3.05, 3.63) is 65.5 Å². The zero-order valence-electron chi connectivity index (χ0n) is 14.0. The zero-order chi connectivity index (χ0) is 17.2. The molecule has 1 aromatic heterocycles. The highest BCUT2D eigenvalue weighted by molar-refractivity contribution is 5.93. The summed E-state index contributed by atoms with van der Waals surface area (Å²) in [6.45, 7) is 3.85. The Hall–Kier alpha value is -2.89.